The highest BCUT2D eigenvalue weighted by Gasteiger charge is 2.39. The summed E-state index contributed by atoms with van der Waals surface area (Å²) in [4.78, 5) is 38.6. The zero-order chi connectivity index (χ0) is 24.1. The van der Waals surface area contributed by atoms with Gasteiger partial charge in [-0.3, -0.25) is 14.6 Å². The van der Waals surface area contributed by atoms with Gasteiger partial charge in [-0.2, -0.15) is 0 Å². The average molecular weight is 477 g/mol. The van der Waals surface area contributed by atoms with Crippen LogP contribution >= 0.6 is 0 Å². The Labute approximate surface area is 207 Å². The van der Waals surface area contributed by atoms with Crippen LogP contribution in [0.25, 0.3) is 0 Å². The number of carbonyl (C=O) groups is 2. The molecule has 2 aliphatic heterocycles. The van der Waals surface area contributed by atoms with Gasteiger partial charge >= 0.3 is 0 Å². The lowest BCUT2D eigenvalue weighted by atomic mass is 9.73. The summed E-state index contributed by atoms with van der Waals surface area (Å²) in [6.07, 6.45) is 13.9. The number of likely N-dealkylation sites (tertiary alicyclic amines) is 1. The van der Waals surface area contributed by atoms with Crippen LogP contribution < -0.4 is 4.74 Å². The quantitative estimate of drug-likeness (QED) is 0.666. The van der Waals surface area contributed by atoms with Gasteiger partial charge in [-0.15, -0.1) is 0 Å². The third-order valence-electron chi connectivity index (χ3n) is 7.93. The lowest BCUT2D eigenvalue weighted by Crippen LogP contribution is -2.50. The molecule has 0 radical (unpaired) electrons. The minimum atomic E-state index is -0.0985. The van der Waals surface area contributed by atoms with Gasteiger partial charge in [0.05, 0.1) is 12.7 Å². The maximum Gasteiger partial charge on any atom is 0.274 e. The molecule has 1 saturated carbocycles. The second kappa shape index (κ2) is 10.8. The molecule has 1 saturated heterocycles. The maximum atomic E-state index is 13.5. The van der Waals surface area contributed by atoms with Crippen molar-refractivity contribution in [3.05, 3.63) is 54.1 Å². The number of benzene rings is 1. The van der Waals surface area contributed by atoms with Gasteiger partial charge in [-0.25, -0.2) is 4.98 Å². The molecule has 2 aromatic rings. The molecule has 7 nitrogen and oxygen atoms in total. The van der Waals surface area contributed by atoms with E-state index in [9.17, 15) is 9.59 Å². The number of nitrogens with zero attached hydrogens (tertiary/aromatic N) is 4. The summed E-state index contributed by atoms with van der Waals surface area (Å²) < 4.78 is 6.16. The highest BCUT2D eigenvalue weighted by atomic mass is 16.5. The molecule has 3 aliphatic rings. The Bertz CT molecular complexity index is 1020. The molecule has 5 rings (SSSR count). The van der Waals surface area contributed by atoms with Crippen LogP contribution in [0.15, 0.2) is 42.9 Å². The molecule has 7 heteroatoms. The second-order valence-corrected chi connectivity index (χ2v) is 10.5. The summed E-state index contributed by atoms with van der Waals surface area (Å²) in [5.41, 5.74) is 1.61. The van der Waals surface area contributed by atoms with Crippen molar-refractivity contribution in [1.29, 1.82) is 0 Å². The van der Waals surface area contributed by atoms with Gasteiger partial charge in [-0.05, 0) is 67.9 Å². The Balaban J connectivity index is 1.34. The summed E-state index contributed by atoms with van der Waals surface area (Å²) in [5, 5.41) is 0. The molecule has 0 N–H and O–H groups in total. The third-order valence-corrected chi connectivity index (χ3v) is 7.93. The lowest BCUT2D eigenvalue weighted by molar-refractivity contribution is -0.134. The van der Waals surface area contributed by atoms with E-state index >= 15 is 0 Å². The summed E-state index contributed by atoms with van der Waals surface area (Å²) in [6, 6.07) is 8.23. The Hall–Kier alpha value is -2.96. The topological polar surface area (TPSA) is 75.6 Å². The fourth-order valence-corrected chi connectivity index (χ4v) is 5.58. The number of carbonyl (C=O) groups excluding carboxylic acids is 2. The van der Waals surface area contributed by atoms with Crippen LogP contribution in [0.3, 0.4) is 0 Å². The van der Waals surface area contributed by atoms with Crippen LogP contribution in [-0.2, 0) is 11.2 Å². The largest absolute Gasteiger partial charge is 0.491 e. The molecule has 0 unspecified atom stereocenters. The zero-order valence-corrected chi connectivity index (χ0v) is 20.5. The fourth-order valence-electron chi connectivity index (χ4n) is 5.58. The maximum absolute atomic E-state index is 13.5. The van der Waals surface area contributed by atoms with Crippen molar-refractivity contribution >= 4 is 11.8 Å². The van der Waals surface area contributed by atoms with Gasteiger partial charge in [0.1, 0.15) is 18.1 Å². The SMILES string of the molecule is O=C(CC1CC1)N1CCC2(CCCCc3ccccc3OCCN(C(=O)c3cnccn3)C2)CC1. The van der Waals surface area contributed by atoms with Gasteiger partial charge in [0.15, 0.2) is 0 Å². The fraction of sp³-hybridized carbons (Fsp3) is 0.571. The third kappa shape index (κ3) is 6.00. The van der Waals surface area contributed by atoms with Crippen molar-refractivity contribution in [2.24, 2.45) is 11.3 Å². The van der Waals surface area contributed by atoms with E-state index in [2.05, 4.69) is 27.0 Å². The Morgan fingerprint density at radius 1 is 1.00 bits per heavy atom. The molecule has 2 amide bonds. The van der Waals surface area contributed by atoms with Crippen molar-refractivity contribution in [3.63, 3.8) is 0 Å². The molecule has 35 heavy (non-hydrogen) atoms. The van der Waals surface area contributed by atoms with Crippen molar-refractivity contribution < 1.29 is 14.3 Å². The number of amides is 2. The van der Waals surface area contributed by atoms with Crippen LogP contribution in [-0.4, -0.2) is 64.4 Å². The number of hydrogen-bond donors (Lipinski definition) is 0. The first-order chi connectivity index (χ1) is 17.1. The number of aryl methyl sites for hydroxylation is 1. The minimum absolute atomic E-state index is 0.00689. The summed E-state index contributed by atoms with van der Waals surface area (Å²) in [5.74, 6) is 1.74. The van der Waals surface area contributed by atoms with E-state index in [0.717, 1.165) is 57.4 Å². The Morgan fingerprint density at radius 2 is 1.83 bits per heavy atom. The van der Waals surface area contributed by atoms with Crippen LogP contribution in [0.4, 0.5) is 0 Å². The van der Waals surface area contributed by atoms with Gasteiger partial charge < -0.3 is 14.5 Å². The Kier molecular flexibility index (Phi) is 7.30. The van der Waals surface area contributed by atoms with Crippen LogP contribution in [0.5, 0.6) is 5.75 Å². The average Bonchev–Trinajstić information content (AvgIpc) is 3.70. The second-order valence-electron chi connectivity index (χ2n) is 10.5. The molecular weight excluding hydrogens is 440 g/mol. The molecule has 1 aromatic heterocycles. The van der Waals surface area contributed by atoms with Crippen molar-refractivity contribution in [3.8, 4) is 5.75 Å². The molecule has 0 bridgehead atoms. The first-order valence-corrected chi connectivity index (χ1v) is 13.2. The summed E-state index contributed by atoms with van der Waals surface area (Å²) >= 11 is 0. The van der Waals surface area contributed by atoms with E-state index in [1.54, 1.807) is 18.6 Å². The molecule has 2 fully saturated rings. The molecular formula is C28H36N4O3. The molecule has 1 aromatic carbocycles. The number of hydrogen-bond acceptors (Lipinski definition) is 5. The molecule has 0 atom stereocenters. The first kappa shape index (κ1) is 23.8. The molecule has 186 valence electrons. The van der Waals surface area contributed by atoms with E-state index < -0.39 is 0 Å². The van der Waals surface area contributed by atoms with Gasteiger partial charge in [0, 0.05) is 38.4 Å². The molecule has 1 aliphatic carbocycles. The number of para-hydroxylation sites is 1. The van der Waals surface area contributed by atoms with Gasteiger partial charge in [0.25, 0.3) is 5.91 Å². The van der Waals surface area contributed by atoms with Crippen molar-refractivity contribution in [2.75, 3.05) is 32.8 Å². The number of rotatable bonds is 3. The number of aromatic nitrogens is 2. The van der Waals surface area contributed by atoms with Crippen molar-refractivity contribution in [2.45, 2.75) is 57.8 Å². The van der Waals surface area contributed by atoms with Gasteiger partial charge in [-0.1, -0.05) is 24.6 Å². The molecule has 3 heterocycles. The van der Waals surface area contributed by atoms with Crippen LogP contribution in [0.2, 0.25) is 0 Å². The van der Waals surface area contributed by atoms with Crippen LogP contribution in [0.1, 0.15) is 67.4 Å². The zero-order valence-electron chi connectivity index (χ0n) is 20.5. The summed E-state index contributed by atoms with van der Waals surface area (Å²) in [7, 11) is 0. The van der Waals surface area contributed by atoms with E-state index in [1.807, 2.05) is 17.0 Å². The number of ether oxygens (including phenoxy) is 1. The van der Waals surface area contributed by atoms with E-state index in [1.165, 1.54) is 18.4 Å². The monoisotopic (exact) mass is 476 g/mol. The predicted octanol–water partition coefficient (Wildman–Crippen LogP) is 4.13. The molecule has 1 spiro atoms. The van der Waals surface area contributed by atoms with E-state index in [0.29, 0.717) is 43.6 Å². The summed E-state index contributed by atoms with van der Waals surface area (Å²) in [6.45, 7) is 3.18. The lowest BCUT2D eigenvalue weighted by Gasteiger charge is -2.45. The number of piperidine rings is 1. The predicted molar refractivity (Wildman–Crippen MR) is 133 cm³/mol. The van der Waals surface area contributed by atoms with Crippen molar-refractivity contribution in [1.82, 2.24) is 19.8 Å². The highest BCUT2D eigenvalue weighted by Crippen LogP contribution is 2.40. The van der Waals surface area contributed by atoms with Crippen LogP contribution in [0, 0.1) is 11.3 Å². The van der Waals surface area contributed by atoms with E-state index in [-0.39, 0.29) is 11.3 Å². The van der Waals surface area contributed by atoms with E-state index in [4.69, 9.17) is 4.74 Å². The Morgan fingerprint density at radius 3 is 2.60 bits per heavy atom. The smallest absolute Gasteiger partial charge is 0.274 e. The normalized spacial score (nSPS) is 20.8. The van der Waals surface area contributed by atoms with Gasteiger partial charge in [0.2, 0.25) is 5.91 Å². The number of fused-ring (bicyclic) bond motifs is 1. The minimum Gasteiger partial charge on any atom is -0.491 e. The first-order valence-electron chi connectivity index (χ1n) is 13.2. The highest BCUT2D eigenvalue weighted by molar-refractivity contribution is 5.92. The standard InChI is InChI=1S/C28H36N4O3/c33-26(19-22-8-9-22)31-15-11-28(12-16-31)10-4-3-6-23-5-1-2-7-25(23)35-18-17-32(21-28)27(34)24-20-29-13-14-30-24/h1-2,5,7,13-14,20,22H,3-4,6,8-12,15-19,21H2.